The summed E-state index contributed by atoms with van der Waals surface area (Å²) >= 11 is 0. The van der Waals surface area contributed by atoms with Crippen molar-refractivity contribution in [3.05, 3.63) is 105 Å². The fourth-order valence-corrected chi connectivity index (χ4v) is 5.12. The lowest BCUT2D eigenvalue weighted by Gasteiger charge is -2.30. The third-order valence-electron chi connectivity index (χ3n) is 6.61. The van der Waals surface area contributed by atoms with Crippen LogP contribution in [-0.4, -0.2) is 48.2 Å². The van der Waals surface area contributed by atoms with Gasteiger partial charge in [-0.2, -0.15) is 5.10 Å². The smallest absolute Gasteiger partial charge is 0.248 e. The van der Waals surface area contributed by atoms with Crippen molar-refractivity contribution in [3.8, 4) is 11.5 Å². The summed E-state index contributed by atoms with van der Waals surface area (Å²) in [6.45, 7) is 0. The Morgan fingerprint density at radius 3 is 2.38 bits per heavy atom. The van der Waals surface area contributed by atoms with Crippen molar-refractivity contribution in [1.29, 1.82) is 0 Å². The predicted molar refractivity (Wildman–Crippen MR) is 126 cm³/mol. The maximum atomic E-state index is 13.8. The number of hydrazone groups is 1. The number of hydrogen-bond donors (Lipinski definition) is 0. The van der Waals surface area contributed by atoms with Gasteiger partial charge in [-0.1, -0.05) is 60.7 Å². The van der Waals surface area contributed by atoms with Crippen molar-refractivity contribution in [1.82, 2.24) is 5.01 Å². The normalized spacial score (nSPS) is 22.6. The Labute approximate surface area is 196 Å². The third kappa shape index (κ3) is 3.39. The molecule has 8 heteroatoms. The van der Waals surface area contributed by atoms with Crippen molar-refractivity contribution >= 4 is 12.0 Å². The van der Waals surface area contributed by atoms with Crippen LogP contribution in [0.25, 0.3) is 0 Å². The van der Waals surface area contributed by atoms with Gasteiger partial charge in [-0.15, -0.1) is 0 Å². The van der Waals surface area contributed by atoms with Gasteiger partial charge in [0.1, 0.15) is 12.1 Å². The minimum absolute atomic E-state index is 0.216. The Morgan fingerprint density at radius 2 is 1.68 bits per heavy atom. The van der Waals surface area contributed by atoms with Gasteiger partial charge in [0.2, 0.25) is 6.04 Å². The van der Waals surface area contributed by atoms with Crippen molar-refractivity contribution in [3.63, 3.8) is 0 Å². The molecule has 0 radical (unpaired) electrons. The highest BCUT2D eigenvalue weighted by molar-refractivity contribution is 6.01. The zero-order valence-corrected chi connectivity index (χ0v) is 18.7. The number of nitrogens with zero attached hydrogens (tertiary/aromatic N) is 3. The average Bonchev–Trinajstić information content (AvgIpc) is 3.24. The number of fused-ring (bicyclic) bond motifs is 3. The number of benzene rings is 3. The van der Waals surface area contributed by atoms with Gasteiger partial charge in [0.15, 0.2) is 17.3 Å². The van der Waals surface area contributed by atoms with Crippen molar-refractivity contribution < 1.29 is 19.2 Å². The molecule has 0 N–H and O–H groups in total. The van der Waals surface area contributed by atoms with Gasteiger partial charge in [-0.25, -0.2) is 0 Å². The van der Waals surface area contributed by atoms with Crippen LogP contribution in [0.2, 0.25) is 0 Å². The second-order valence-corrected chi connectivity index (χ2v) is 8.29. The fourth-order valence-electron chi connectivity index (χ4n) is 5.12. The molecule has 1 unspecified atom stereocenters. The second-order valence-electron chi connectivity index (χ2n) is 8.29. The molecular formula is C26H23N3O5. The summed E-state index contributed by atoms with van der Waals surface area (Å²) in [6, 6.07) is 18.9. The van der Waals surface area contributed by atoms with Gasteiger partial charge in [-0.3, -0.25) is 19.9 Å². The molecule has 5 rings (SSSR count). The first kappa shape index (κ1) is 21.6. The number of ether oxygens (including phenoxy) is 2. The van der Waals surface area contributed by atoms with E-state index in [0.29, 0.717) is 22.6 Å². The van der Waals surface area contributed by atoms with Gasteiger partial charge in [-0.05, 0) is 23.3 Å². The van der Waals surface area contributed by atoms with Crippen LogP contribution in [0, 0.1) is 10.1 Å². The molecule has 2 heterocycles. The van der Waals surface area contributed by atoms with Crippen LogP contribution in [0.15, 0.2) is 77.9 Å². The van der Waals surface area contributed by atoms with E-state index in [1.54, 1.807) is 53.7 Å². The molecule has 0 aromatic heterocycles. The molecule has 4 atom stereocenters. The number of methoxy groups -OCH3 is 2. The summed E-state index contributed by atoms with van der Waals surface area (Å²) in [5, 5.41) is 18.8. The molecule has 3 aromatic rings. The van der Waals surface area contributed by atoms with Crippen molar-refractivity contribution in [2.45, 2.75) is 24.0 Å². The van der Waals surface area contributed by atoms with Crippen molar-refractivity contribution in [2.24, 2.45) is 5.10 Å². The third-order valence-corrected chi connectivity index (χ3v) is 6.61. The van der Waals surface area contributed by atoms with Crippen molar-refractivity contribution in [2.75, 3.05) is 14.2 Å². The van der Waals surface area contributed by atoms with Gasteiger partial charge >= 0.3 is 0 Å². The van der Waals surface area contributed by atoms with Crippen LogP contribution >= 0.6 is 0 Å². The largest absolute Gasteiger partial charge is 0.493 e. The molecule has 0 spiro atoms. The van der Waals surface area contributed by atoms with E-state index in [9.17, 15) is 14.9 Å². The molecule has 0 saturated carbocycles. The highest BCUT2D eigenvalue weighted by Crippen LogP contribution is 2.50. The molecule has 3 aromatic carbocycles. The molecule has 8 nitrogen and oxygen atoms in total. The van der Waals surface area contributed by atoms with Crippen LogP contribution in [0.5, 0.6) is 11.5 Å². The fraction of sp³-hybridized carbons (Fsp3) is 0.231. The minimum Gasteiger partial charge on any atom is -0.493 e. The molecule has 172 valence electrons. The second kappa shape index (κ2) is 8.62. The molecule has 2 aliphatic heterocycles. The highest BCUT2D eigenvalue weighted by atomic mass is 16.6. The zero-order chi connectivity index (χ0) is 23.8. The molecule has 1 saturated heterocycles. The van der Waals surface area contributed by atoms with E-state index >= 15 is 0 Å². The molecule has 2 aliphatic rings. The number of Topliss-reactive ketones (excluding diaryl/α,β-unsaturated/α-hetero) is 1. The van der Waals surface area contributed by atoms with Gasteiger partial charge < -0.3 is 9.47 Å². The van der Waals surface area contributed by atoms with Crippen LogP contribution < -0.4 is 9.47 Å². The number of rotatable bonds is 6. The monoisotopic (exact) mass is 457 g/mol. The lowest BCUT2D eigenvalue weighted by atomic mass is 9.82. The number of nitro groups is 1. The summed E-state index contributed by atoms with van der Waals surface area (Å²) in [5.74, 6) is -0.0298. The van der Waals surface area contributed by atoms with Gasteiger partial charge in [0.25, 0.3) is 0 Å². The first-order valence-electron chi connectivity index (χ1n) is 10.9. The topological polar surface area (TPSA) is 94.3 Å². The molecule has 0 amide bonds. The van der Waals surface area contributed by atoms with Crippen LogP contribution in [0.1, 0.15) is 39.0 Å². The molecule has 0 bridgehead atoms. The lowest BCUT2D eigenvalue weighted by molar-refractivity contribution is -0.529. The van der Waals surface area contributed by atoms with E-state index in [1.807, 2.05) is 30.3 Å². The first-order valence-corrected chi connectivity index (χ1v) is 10.9. The van der Waals surface area contributed by atoms with E-state index in [4.69, 9.17) is 9.47 Å². The number of hydrogen-bond acceptors (Lipinski definition) is 7. The van der Waals surface area contributed by atoms with E-state index in [1.165, 1.54) is 14.2 Å². The summed E-state index contributed by atoms with van der Waals surface area (Å²) in [6.07, 6.45) is 1.67. The quantitative estimate of drug-likeness (QED) is 0.314. The van der Waals surface area contributed by atoms with E-state index in [2.05, 4.69) is 5.10 Å². The Hall–Kier alpha value is -4.20. The first-order chi connectivity index (χ1) is 16.5. The van der Waals surface area contributed by atoms with Crippen LogP contribution in [0.3, 0.4) is 0 Å². The highest BCUT2D eigenvalue weighted by Gasteiger charge is 2.60. The molecule has 0 aliphatic carbocycles. The minimum atomic E-state index is -1.10. The van der Waals surface area contributed by atoms with Gasteiger partial charge in [0.05, 0.1) is 26.4 Å². The summed E-state index contributed by atoms with van der Waals surface area (Å²) in [4.78, 5) is 26.2. The maximum Gasteiger partial charge on any atom is 0.248 e. The number of ketones is 1. The molecule has 1 fully saturated rings. The van der Waals surface area contributed by atoms with E-state index in [-0.39, 0.29) is 10.7 Å². The Kier molecular flexibility index (Phi) is 5.49. The average molecular weight is 457 g/mol. The predicted octanol–water partition coefficient (Wildman–Crippen LogP) is 4.09. The maximum absolute atomic E-state index is 13.8. The summed E-state index contributed by atoms with van der Waals surface area (Å²) in [5.41, 5.74) is 2.70. The lowest BCUT2D eigenvalue weighted by Crippen LogP contribution is -2.38. The van der Waals surface area contributed by atoms with E-state index in [0.717, 1.165) is 11.1 Å². The standard InChI is InChI=1S/C26H23N3O5/c1-33-20-13-12-17(14-21(20)34-2)22-24(29(31)32)23-19-11-7-6-10-18(19)15-27-28(23)25(22)26(30)16-8-4-3-5-9-16/h3-15,22-25H,1-2H3/t22-,23?,24-,25-/m0/s1. The summed E-state index contributed by atoms with van der Waals surface area (Å²) < 4.78 is 10.8. The van der Waals surface area contributed by atoms with Crippen LogP contribution in [-0.2, 0) is 0 Å². The number of carbonyl (C=O) groups is 1. The number of carbonyl (C=O) groups excluding carboxylic acids is 1. The SMILES string of the molecule is COc1ccc([C@@H]2[C@@H](C(=O)c3ccccc3)N3N=Cc4ccccc4C3[C@H]2[N+](=O)[O-])cc1OC. The van der Waals surface area contributed by atoms with E-state index < -0.39 is 24.0 Å². The Balaban J connectivity index is 1.72. The molecule has 34 heavy (non-hydrogen) atoms. The van der Waals surface area contributed by atoms with Gasteiger partial charge in [0, 0.05) is 16.1 Å². The Bertz CT molecular complexity index is 1280. The zero-order valence-electron chi connectivity index (χ0n) is 18.7. The summed E-state index contributed by atoms with van der Waals surface area (Å²) in [7, 11) is 3.04. The Morgan fingerprint density at radius 1 is 0.971 bits per heavy atom. The molecular weight excluding hydrogens is 434 g/mol. The van der Waals surface area contributed by atoms with Crippen LogP contribution in [0.4, 0.5) is 0 Å².